The third-order valence-electron chi connectivity index (χ3n) is 6.69. The predicted octanol–water partition coefficient (Wildman–Crippen LogP) is 2.96. The second-order valence-corrected chi connectivity index (χ2v) is 9.48. The number of ether oxygens (including phenoxy) is 2. The zero-order valence-electron chi connectivity index (χ0n) is 21.6. The first-order chi connectivity index (χ1) is 18.0. The second-order valence-electron chi connectivity index (χ2n) is 9.48. The van der Waals surface area contributed by atoms with Gasteiger partial charge in [-0.2, -0.15) is 0 Å². The molecule has 202 valence electrons. The number of hydrogen-bond donors (Lipinski definition) is 2. The largest absolute Gasteiger partial charge is 0.445 e. The summed E-state index contributed by atoms with van der Waals surface area (Å²) in [4.78, 5) is 29.2. The number of carbonyl (C=O) groups is 2. The van der Waals surface area contributed by atoms with Crippen molar-refractivity contribution in [3.63, 3.8) is 0 Å². The Morgan fingerprint density at radius 3 is 1.84 bits per heavy atom. The van der Waals surface area contributed by atoms with Crippen molar-refractivity contribution in [2.24, 2.45) is 5.92 Å². The van der Waals surface area contributed by atoms with Crippen LogP contribution in [-0.4, -0.2) is 96.1 Å². The summed E-state index contributed by atoms with van der Waals surface area (Å²) in [7, 11) is 1.95. The number of piperidine rings is 1. The van der Waals surface area contributed by atoms with Crippen LogP contribution in [0.15, 0.2) is 60.7 Å². The first-order valence-electron chi connectivity index (χ1n) is 12.8. The van der Waals surface area contributed by atoms with Crippen molar-refractivity contribution in [1.29, 1.82) is 0 Å². The van der Waals surface area contributed by atoms with Crippen LogP contribution in [0.4, 0.5) is 9.59 Å². The minimum absolute atomic E-state index is 0.00183. The number of benzene rings is 2. The van der Waals surface area contributed by atoms with Crippen molar-refractivity contribution in [3.05, 3.63) is 71.8 Å². The molecule has 2 aromatic rings. The molecule has 37 heavy (non-hydrogen) atoms. The van der Waals surface area contributed by atoms with Gasteiger partial charge in [0, 0.05) is 39.3 Å². The van der Waals surface area contributed by atoms with E-state index in [-0.39, 0.29) is 44.0 Å². The van der Waals surface area contributed by atoms with Crippen LogP contribution in [-0.2, 0) is 22.7 Å². The third kappa shape index (κ3) is 9.35. The number of hydrogen-bond acceptors (Lipinski definition) is 7. The van der Waals surface area contributed by atoms with E-state index < -0.39 is 0 Å². The molecule has 0 aromatic heterocycles. The molecule has 0 radical (unpaired) electrons. The summed E-state index contributed by atoms with van der Waals surface area (Å²) in [6.45, 7) is 4.03. The van der Waals surface area contributed by atoms with E-state index in [1.165, 1.54) is 0 Å². The van der Waals surface area contributed by atoms with Crippen molar-refractivity contribution < 1.29 is 29.3 Å². The van der Waals surface area contributed by atoms with Crippen LogP contribution in [0.2, 0.25) is 0 Å². The molecule has 2 aliphatic rings. The number of likely N-dealkylation sites (N-methyl/N-ethyl adjacent to an activating group) is 1. The topological polar surface area (TPSA) is 103 Å². The summed E-state index contributed by atoms with van der Waals surface area (Å²) in [5, 5.41) is 18.4. The lowest BCUT2D eigenvalue weighted by atomic mass is 10.00. The summed E-state index contributed by atoms with van der Waals surface area (Å²) in [6.07, 6.45) is 1.33. The normalized spacial score (nSPS) is 20.0. The number of rotatable bonds is 6. The Balaban J connectivity index is 0.000000206. The van der Waals surface area contributed by atoms with Gasteiger partial charge in [-0.05, 0) is 36.9 Å². The van der Waals surface area contributed by atoms with Crippen molar-refractivity contribution in [1.82, 2.24) is 14.7 Å². The Kier molecular flexibility index (Phi) is 11.7. The molecule has 2 fully saturated rings. The van der Waals surface area contributed by atoms with E-state index in [0.717, 1.165) is 37.1 Å². The number of amides is 2. The third-order valence-corrected chi connectivity index (χ3v) is 6.69. The van der Waals surface area contributed by atoms with E-state index in [1.807, 2.05) is 67.7 Å². The molecule has 2 heterocycles. The van der Waals surface area contributed by atoms with Gasteiger partial charge < -0.3 is 29.5 Å². The molecule has 4 rings (SSSR count). The summed E-state index contributed by atoms with van der Waals surface area (Å²) < 4.78 is 10.5. The molecule has 2 atom stereocenters. The second kappa shape index (κ2) is 15.2. The molecule has 2 amide bonds. The Hall–Kier alpha value is -3.14. The summed E-state index contributed by atoms with van der Waals surface area (Å²) in [5.74, 6) is 0.197. The average molecular weight is 514 g/mol. The first-order valence-corrected chi connectivity index (χ1v) is 12.8. The van der Waals surface area contributed by atoms with E-state index in [4.69, 9.17) is 14.6 Å². The maximum atomic E-state index is 11.9. The van der Waals surface area contributed by atoms with Crippen LogP contribution in [0.5, 0.6) is 0 Å². The summed E-state index contributed by atoms with van der Waals surface area (Å²) in [6, 6.07) is 19.2. The minimum atomic E-state index is -0.310. The summed E-state index contributed by atoms with van der Waals surface area (Å²) >= 11 is 0. The molecular weight excluding hydrogens is 474 g/mol. The molecular formula is C28H39N3O6. The van der Waals surface area contributed by atoms with Crippen molar-refractivity contribution in [3.8, 4) is 0 Å². The lowest BCUT2D eigenvalue weighted by Gasteiger charge is -2.37. The number of aliphatic hydroxyl groups is 2. The van der Waals surface area contributed by atoms with Crippen molar-refractivity contribution in [2.45, 2.75) is 32.1 Å². The van der Waals surface area contributed by atoms with Crippen LogP contribution in [0, 0.1) is 5.92 Å². The molecule has 0 bridgehead atoms. The highest BCUT2D eigenvalue weighted by Crippen LogP contribution is 2.17. The smallest absolute Gasteiger partial charge is 0.410 e. The van der Waals surface area contributed by atoms with Gasteiger partial charge in [0.25, 0.3) is 0 Å². The molecule has 0 aliphatic carbocycles. The molecule has 9 nitrogen and oxygen atoms in total. The highest BCUT2D eigenvalue weighted by atomic mass is 16.6. The predicted molar refractivity (Wildman–Crippen MR) is 140 cm³/mol. The molecule has 9 heteroatoms. The maximum Gasteiger partial charge on any atom is 0.410 e. The van der Waals surface area contributed by atoms with Gasteiger partial charge in [-0.15, -0.1) is 0 Å². The van der Waals surface area contributed by atoms with Gasteiger partial charge in [-0.3, -0.25) is 4.90 Å². The van der Waals surface area contributed by atoms with Gasteiger partial charge in [-0.25, -0.2) is 9.59 Å². The Morgan fingerprint density at radius 1 is 0.784 bits per heavy atom. The van der Waals surface area contributed by atoms with Crippen LogP contribution < -0.4 is 0 Å². The van der Waals surface area contributed by atoms with Gasteiger partial charge in [0.2, 0.25) is 0 Å². The molecule has 0 saturated carbocycles. The Bertz CT molecular complexity index is 945. The van der Waals surface area contributed by atoms with Crippen molar-refractivity contribution in [2.75, 3.05) is 53.0 Å². The molecule has 2 saturated heterocycles. The lowest BCUT2D eigenvalue weighted by molar-refractivity contribution is 0.0390. The number of carbonyl (C=O) groups excluding carboxylic acids is 2. The van der Waals surface area contributed by atoms with Gasteiger partial charge in [-0.1, -0.05) is 60.7 Å². The molecule has 2 N–H and O–H groups in total. The van der Waals surface area contributed by atoms with Gasteiger partial charge >= 0.3 is 12.2 Å². The standard InChI is InChI=1S/C14H20N2O3.C14H19NO3/c1-15-7-8-16(9-13(15)10-17)14(18)19-11-12-5-3-2-4-6-12;16-10-13-7-4-8-15(9-13)14(17)18-11-12-5-2-1-3-6-12/h2-6,13,17H,7-11H2,1H3;1-3,5-6,13,16H,4,7-11H2. The zero-order chi connectivity index (χ0) is 26.5. The van der Waals surface area contributed by atoms with Crippen molar-refractivity contribution >= 4 is 12.2 Å². The number of piperazine rings is 1. The van der Waals surface area contributed by atoms with Gasteiger partial charge in [0.1, 0.15) is 13.2 Å². The number of aliphatic hydroxyl groups excluding tert-OH is 2. The van der Waals surface area contributed by atoms with Crippen LogP contribution in [0.25, 0.3) is 0 Å². The lowest BCUT2D eigenvalue weighted by Crippen LogP contribution is -2.54. The van der Waals surface area contributed by atoms with E-state index in [0.29, 0.717) is 26.2 Å². The van der Waals surface area contributed by atoms with Gasteiger partial charge in [0.15, 0.2) is 0 Å². The van der Waals surface area contributed by atoms with E-state index in [1.54, 1.807) is 9.80 Å². The SMILES string of the molecule is CN1CCN(C(=O)OCc2ccccc2)CC1CO.O=C(OCc1ccccc1)N1CCCC(CO)C1. The molecule has 0 spiro atoms. The molecule has 2 aliphatic heterocycles. The van der Waals surface area contributed by atoms with E-state index in [2.05, 4.69) is 4.90 Å². The summed E-state index contributed by atoms with van der Waals surface area (Å²) in [5.41, 5.74) is 1.96. The molecule has 2 aromatic carbocycles. The Morgan fingerprint density at radius 2 is 1.32 bits per heavy atom. The number of nitrogens with zero attached hydrogens (tertiary/aromatic N) is 3. The van der Waals surface area contributed by atoms with Crippen LogP contribution in [0.1, 0.15) is 24.0 Å². The van der Waals surface area contributed by atoms with Crippen LogP contribution >= 0.6 is 0 Å². The zero-order valence-corrected chi connectivity index (χ0v) is 21.6. The Labute approximate surface area is 219 Å². The number of likely N-dealkylation sites (tertiary alicyclic amines) is 1. The van der Waals surface area contributed by atoms with Crippen LogP contribution in [0.3, 0.4) is 0 Å². The van der Waals surface area contributed by atoms with E-state index in [9.17, 15) is 14.7 Å². The van der Waals surface area contributed by atoms with Gasteiger partial charge in [0.05, 0.1) is 12.6 Å². The first kappa shape index (κ1) is 28.4. The van der Waals surface area contributed by atoms with E-state index >= 15 is 0 Å². The maximum absolute atomic E-state index is 11.9. The highest BCUT2D eigenvalue weighted by molar-refractivity contribution is 5.68. The average Bonchev–Trinajstić information content (AvgIpc) is 2.96. The fraction of sp³-hybridized carbons (Fsp3) is 0.500. The molecule has 2 unspecified atom stereocenters. The monoisotopic (exact) mass is 513 g/mol. The fourth-order valence-corrected chi connectivity index (χ4v) is 4.31. The quantitative estimate of drug-likeness (QED) is 0.612. The fourth-order valence-electron chi connectivity index (χ4n) is 4.31. The highest BCUT2D eigenvalue weighted by Gasteiger charge is 2.27. The minimum Gasteiger partial charge on any atom is -0.445 e.